The zero-order valence-electron chi connectivity index (χ0n) is 69.0. The molecule has 8 heterocycles. The molecule has 5 aliphatic heterocycles. The lowest BCUT2D eigenvalue weighted by molar-refractivity contribution is -0.145. The van der Waals surface area contributed by atoms with Crippen LogP contribution >= 0.6 is 34.0 Å². The van der Waals surface area contributed by atoms with Gasteiger partial charge in [-0.15, -0.1) is 34.0 Å². The van der Waals surface area contributed by atoms with Crippen molar-refractivity contribution in [3.63, 3.8) is 0 Å². The fraction of sp³-hybridized carbons (Fsp3) is 0.449. The Morgan fingerprint density at radius 1 is 0.551 bits per heavy atom. The van der Waals surface area contributed by atoms with Crippen LogP contribution in [0.25, 0.3) is 31.3 Å². The number of β-amino-alcohol motifs (C(OH)–C–C–N with tert-alkyl or cyclic N) is 1. The smallest absolute Gasteiger partial charge is 0.255 e. The molecule has 0 bridgehead atoms. The number of aliphatic hydroxyl groups excluding tert-OH is 1. The van der Waals surface area contributed by atoms with E-state index in [4.69, 9.17) is 9.47 Å². The average molecular weight is 1660 g/mol. The number of hydrogen-bond donors (Lipinski definition) is 6. The lowest BCUT2D eigenvalue weighted by atomic mass is 9.84. The summed E-state index contributed by atoms with van der Waals surface area (Å²) in [7, 11) is 2.00. The van der Waals surface area contributed by atoms with Gasteiger partial charge < -0.3 is 65.7 Å². The minimum absolute atomic E-state index is 0.0105. The molecule has 9 amide bonds. The Hall–Kier alpha value is -10.8. The molecule has 4 fully saturated rings. The number of amides is 9. The number of ether oxygens (including phenoxy) is 2. The van der Waals surface area contributed by atoms with Crippen LogP contribution in [0.1, 0.15) is 160 Å². The zero-order chi connectivity index (χ0) is 84.4. The van der Waals surface area contributed by atoms with Crippen LogP contribution in [0.2, 0.25) is 0 Å². The van der Waals surface area contributed by atoms with Crippen molar-refractivity contribution in [1.82, 2.24) is 66.0 Å². The number of aliphatic hydroxyl groups is 1. The molecular weight excluding hydrogens is 1550 g/mol. The van der Waals surface area contributed by atoms with Gasteiger partial charge in [-0.2, -0.15) is 5.26 Å². The predicted octanol–water partition coefficient (Wildman–Crippen LogP) is 10.5. The molecule has 9 atom stereocenters. The molecular formula is C89H104N14O12S3. The Labute approximate surface area is 700 Å². The number of aromatic nitrogens is 3. The van der Waals surface area contributed by atoms with Crippen LogP contribution in [0.5, 0.6) is 11.5 Å². The number of likely N-dealkylation sites (tertiary alicyclic amines) is 4. The van der Waals surface area contributed by atoms with Crippen molar-refractivity contribution in [3.05, 3.63) is 182 Å². The van der Waals surface area contributed by atoms with Crippen molar-refractivity contribution in [3.8, 4) is 48.9 Å². The molecule has 118 heavy (non-hydrogen) atoms. The van der Waals surface area contributed by atoms with Crippen molar-refractivity contribution in [2.75, 3.05) is 39.8 Å². The summed E-state index contributed by atoms with van der Waals surface area (Å²) in [6.07, 6.45) is -1.52. The molecule has 0 unspecified atom stereocenters. The number of aryl methyl sites for hydroxylation is 3. The highest BCUT2D eigenvalue weighted by molar-refractivity contribution is 7.14. The molecule has 5 aromatic carbocycles. The van der Waals surface area contributed by atoms with Gasteiger partial charge in [-0.1, -0.05) is 147 Å². The third kappa shape index (κ3) is 19.0. The van der Waals surface area contributed by atoms with Gasteiger partial charge in [0.15, 0.2) is 0 Å². The number of thiazole rings is 3. The summed E-state index contributed by atoms with van der Waals surface area (Å²) in [5, 5.41) is 37.3. The van der Waals surface area contributed by atoms with Gasteiger partial charge in [0.25, 0.3) is 11.8 Å². The second-order valence-electron chi connectivity index (χ2n) is 34.9. The third-order valence-corrected chi connectivity index (χ3v) is 25.9. The summed E-state index contributed by atoms with van der Waals surface area (Å²) in [4.78, 5) is 158. The fourth-order valence-electron chi connectivity index (χ4n) is 16.4. The van der Waals surface area contributed by atoms with E-state index in [1.807, 2.05) is 142 Å². The van der Waals surface area contributed by atoms with Crippen molar-refractivity contribution in [2.45, 2.75) is 196 Å². The van der Waals surface area contributed by atoms with E-state index in [2.05, 4.69) is 52.5 Å². The number of carbonyl (C=O) groups excluding carboxylic acids is 9. The molecule has 0 aliphatic carbocycles. The van der Waals surface area contributed by atoms with Crippen LogP contribution in [0.4, 0.5) is 0 Å². The molecule has 3 aromatic heterocycles. The molecule has 0 spiro atoms. The maximum atomic E-state index is 15.7. The number of nitrogens with one attached hydrogen (secondary N) is 5. The number of hydrogen-bond acceptors (Lipinski definition) is 20. The Balaban J connectivity index is 0.720. The first kappa shape index (κ1) is 85.1. The standard InChI is InChI=1S/C89H104N14O12S3/c1-50-72(116-47-94-50)56-23-17-53(18-24-56)40-91-80(107)68-35-61(104)44-100(68)86(113)77(89(10,11)12)103-43-60-29-30-62(36-66(60)83(103)110)114-63-37-69(81(108)92-41-54-19-25-57(26-20-54)73-51(2)95-48-117-73)101(45-63)85(112)76(88(7,8)9)98-79(106)65-15-14-16-71(67(65)39-90)115-64-38-70(82(109)93-42-55-21-27-58(28-22-55)74-52(3)96-49-118-74)102(46-64)84(111)75(87(4,5)6)97-78(105)59-31-33-99(13)34-32-59/h14-30,36,47-49,59,61,63-64,68-70,75-77,104H,31-35,37-38,40-46H2,1-13H3,(H,91,107)(H,92,108)(H,93,109)(H,97,105)(H,98,106)/t61-,63-,64-,68+,69+,70+,75-,76-,77-/m1/s1. The fourth-order valence-corrected chi connectivity index (χ4v) is 18.9. The number of nitriles is 1. The van der Waals surface area contributed by atoms with Gasteiger partial charge in [0.1, 0.15) is 71.6 Å². The highest BCUT2D eigenvalue weighted by Gasteiger charge is 2.52. The minimum Gasteiger partial charge on any atom is -0.488 e. The second kappa shape index (κ2) is 35.4. The van der Waals surface area contributed by atoms with E-state index < -0.39 is 118 Å². The summed E-state index contributed by atoms with van der Waals surface area (Å²) in [5.74, 6) is -4.57. The monoisotopic (exact) mass is 1660 g/mol. The van der Waals surface area contributed by atoms with Gasteiger partial charge in [-0.25, -0.2) is 15.0 Å². The lowest BCUT2D eigenvalue weighted by Gasteiger charge is -2.40. The summed E-state index contributed by atoms with van der Waals surface area (Å²) < 4.78 is 13.4. The van der Waals surface area contributed by atoms with E-state index in [1.165, 1.54) is 60.5 Å². The van der Waals surface area contributed by atoms with Gasteiger partial charge in [0.2, 0.25) is 41.4 Å². The minimum atomic E-state index is -1.34. The van der Waals surface area contributed by atoms with E-state index >= 15 is 19.2 Å². The highest BCUT2D eigenvalue weighted by atomic mass is 32.1. The SMILES string of the molecule is Cc1ncsc1-c1ccc(CNC(=O)[C@@H]2C[C@@H](Oc3ccc4c(c3)C(=O)N([C@H](C(=O)N3C[C@H](O)C[C@H]3C(=O)NCc3ccc(-c5scnc5C)cc3)C(C)(C)C)C4)CN2C(=O)[C@@H](NC(=O)c2cccc(O[C@@H]3C[C@@H](C(=O)NCc4ccc(-c5scnc5C)cc4)N(C(=O)[C@@H](NC(=O)C4CCN(C)CC4)C(C)(C)C)C3)c2C#N)C(C)(C)C)cc1. The number of nitrogens with zero attached hydrogens (tertiary/aromatic N) is 9. The predicted molar refractivity (Wildman–Crippen MR) is 451 cm³/mol. The van der Waals surface area contributed by atoms with E-state index in [1.54, 1.807) is 66.8 Å². The normalized spacial score (nSPS) is 19.9. The molecule has 0 radical (unpaired) electrons. The van der Waals surface area contributed by atoms with Crippen LogP contribution in [0.3, 0.4) is 0 Å². The zero-order valence-corrected chi connectivity index (χ0v) is 71.4. The Bertz CT molecular complexity index is 5130. The summed E-state index contributed by atoms with van der Waals surface area (Å²) in [6, 6.07) is 28.3. The van der Waals surface area contributed by atoms with Gasteiger partial charge >= 0.3 is 0 Å². The van der Waals surface area contributed by atoms with Crippen molar-refractivity contribution in [2.24, 2.45) is 22.2 Å². The van der Waals surface area contributed by atoms with Gasteiger partial charge in [-0.05, 0) is 133 Å². The third-order valence-electron chi connectivity index (χ3n) is 23.0. The Kier molecular flexibility index (Phi) is 25.6. The molecule has 0 saturated carbocycles. The number of fused-ring (bicyclic) bond motifs is 1. The number of rotatable bonds is 24. The number of carbonyl (C=O) groups is 9. The van der Waals surface area contributed by atoms with Gasteiger partial charge in [0.05, 0.1) is 73.0 Å². The number of piperidine rings is 1. The van der Waals surface area contributed by atoms with Crippen molar-refractivity contribution in [1.29, 1.82) is 5.26 Å². The molecule has 5 aliphatic rings. The molecule has 13 rings (SSSR count). The first-order valence-corrected chi connectivity index (χ1v) is 42.8. The highest BCUT2D eigenvalue weighted by Crippen LogP contribution is 2.40. The van der Waals surface area contributed by atoms with Gasteiger partial charge in [-0.3, -0.25) is 43.2 Å². The van der Waals surface area contributed by atoms with Crippen LogP contribution in [0.15, 0.2) is 126 Å². The van der Waals surface area contributed by atoms with Crippen molar-refractivity contribution >= 4 is 87.2 Å². The molecule has 29 heteroatoms. The van der Waals surface area contributed by atoms with Crippen molar-refractivity contribution < 1.29 is 57.7 Å². The van der Waals surface area contributed by atoms with Crippen LogP contribution in [-0.4, -0.2) is 192 Å². The average Bonchev–Trinajstić information content (AvgIpc) is 1.63. The maximum Gasteiger partial charge on any atom is 0.255 e. The van der Waals surface area contributed by atoms with E-state index in [-0.39, 0.29) is 105 Å². The van der Waals surface area contributed by atoms with Crippen LogP contribution < -0.4 is 36.1 Å². The summed E-state index contributed by atoms with van der Waals surface area (Å²) >= 11 is 4.60. The largest absolute Gasteiger partial charge is 0.488 e. The first-order valence-electron chi connectivity index (χ1n) is 40.1. The number of benzene rings is 5. The molecule has 6 N–H and O–H groups in total. The van der Waals surface area contributed by atoms with Crippen LogP contribution in [-0.2, 0) is 59.7 Å². The molecule has 8 aromatic rings. The van der Waals surface area contributed by atoms with E-state index in [0.29, 0.717) is 18.4 Å². The second-order valence-corrected chi connectivity index (χ2v) is 37.4. The summed E-state index contributed by atoms with van der Waals surface area (Å²) in [5.41, 5.74) is 11.4. The summed E-state index contributed by atoms with van der Waals surface area (Å²) in [6.45, 7) is 23.8. The van der Waals surface area contributed by atoms with Crippen LogP contribution in [0, 0.1) is 54.3 Å². The lowest BCUT2D eigenvalue weighted by Crippen LogP contribution is -2.58. The molecule has 620 valence electrons. The maximum absolute atomic E-state index is 15.7. The Morgan fingerprint density at radius 3 is 1.42 bits per heavy atom. The quantitative estimate of drug-likeness (QED) is 0.0327. The Morgan fingerprint density at radius 2 is 0.992 bits per heavy atom. The first-order chi connectivity index (χ1) is 56.1. The van der Waals surface area contributed by atoms with E-state index in [9.17, 15) is 34.3 Å². The molecule has 26 nitrogen and oxygen atoms in total. The van der Waals surface area contributed by atoms with E-state index in [0.717, 1.165) is 78.2 Å². The van der Waals surface area contributed by atoms with Gasteiger partial charge in [0, 0.05) is 63.5 Å². The topological polar surface area (TPSA) is 331 Å². The molecule has 4 saturated heterocycles.